The summed E-state index contributed by atoms with van der Waals surface area (Å²) in [4.78, 5) is 27.8. The van der Waals surface area contributed by atoms with Gasteiger partial charge in [0.1, 0.15) is 0 Å². The summed E-state index contributed by atoms with van der Waals surface area (Å²) >= 11 is 0. The summed E-state index contributed by atoms with van der Waals surface area (Å²) in [6, 6.07) is 19.9. The van der Waals surface area contributed by atoms with Crippen LogP contribution < -0.4 is 0 Å². The Kier molecular flexibility index (Phi) is 4.53. The second-order valence-electron chi connectivity index (χ2n) is 5.66. The van der Waals surface area contributed by atoms with Gasteiger partial charge in [0.25, 0.3) is 0 Å². The molecule has 1 heterocycles. The molecule has 118 valence electrons. The molecule has 1 aliphatic rings. The molecule has 4 heteroatoms. The molecule has 1 fully saturated rings. The maximum absolute atomic E-state index is 12.3. The molecule has 1 aliphatic heterocycles. The van der Waals surface area contributed by atoms with E-state index in [-0.39, 0.29) is 30.9 Å². The molecule has 0 aromatic heterocycles. The van der Waals surface area contributed by atoms with Gasteiger partial charge in [0.2, 0.25) is 11.8 Å². The van der Waals surface area contributed by atoms with Gasteiger partial charge in [-0.2, -0.15) is 0 Å². The average molecular weight is 308 g/mol. The van der Waals surface area contributed by atoms with Crippen molar-refractivity contribution in [3.05, 3.63) is 71.8 Å². The number of likely N-dealkylation sites (N-methyl/N-ethyl adjacent to an activating group) is 1. The fraction of sp³-hybridized carbons (Fsp3) is 0.263. The van der Waals surface area contributed by atoms with Gasteiger partial charge in [0.15, 0.2) is 0 Å². The van der Waals surface area contributed by atoms with Crippen molar-refractivity contribution in [2.24, 2.45) is 0 Å². The molecule has 0 N–H and O–H groups in total. The van der Waals surface area contributed by atoms with Crippen LogP contribution in [0.3, 0.4) is 0 Å². The summed E-state index contributed by atoms with van der Waals surface area (Å²) in [5.41, 5.74) is 2.17. The molecule has 0 aliphatic carbocycles. The molecule has 2 aromatic carbocycles. The maximum Gasteiger partial charge on any atom is 0.243 e. The van der Waals surface area contributed by atoms with Gasteiger partial charge in [0.05, 0.1) is 19.1 Å². The van der Waals surface area contributed by atoms with Crippen LogP contribution in [-0.4, -0.2) is 41.2 Å². The van der Waals surface area contributed by atoms with E-state index >= 15 is 0 Å². The molecule has 23 heavy (non-hydrogen) atoms. The first kappa shape index (κ1) is 15.4. The van der Waals surface area contributed by atoms with Crippen LogP contribution in [0.1, 0.15) is 24.1 Å². The van der Waals surface area contributed by atoms with Crippen LogP contribution in [0.5, 0.6) is 0 Å². The first-order valence-corrected chi connectivity index (χ1v) is 7.88. The van der Waals surface area contributed by atoms with E-state index in [0.29, 0.717) is 6.54 Å². The Morgan fingerprint density at radius 3 is 1.65 bits per heavy atom. The number of nitrogens with zero attached hydrogens (tertiary/aromatic N) is 2. The van der Waals surface area contributed by atoms with Crippen LogP contribution in [0.4, 0.5) is 0 Å². The third kappa shape index (κ3) is 3.17. The van der Waals surface area contributed by atoms with Gasteiger partial charge in [0, 0.05) is 6.54 Å². The van der Waals surface area contributed by atoms with Crippen LogP contribution >= 0.6 is 0 Å². The summed E-state index contributed by atoms with van der Waals surface area (Å²) in [7, 11) is 0. The van der Waals surface area contributed by atoms with Crippen molar-refractivity contribution in [3.63, 3.8) is 0 Å². The Labute approximate surface area is 136 Å². The van der Waals surface area contributed by atoms with Gasteiger partial charge in [-0.1, -0.05) is 60.7 Å². The van der Waals surface area contributed by atoms with Gasteiger partial charge in [-0.05, 0) is 18.1 Å². The van der Waals surface area contributed by atoms with E-state index in [4.69, 9.17) is 0 Å². The number of benzene rings is 2. The number of amides is 2. The molecule has 0 radical (unpaired) electrons. The quantitative estimate of drug-likeness (QED) is 0.815. The monoisotopic (exact) mass is 308 g/mol. The van der Waals surface area contributed by atoms with E-state index in [1.54, 1.807) is 0 Å². The molecule has 0 saturated carbocycles. The highest BCUT2D eigenvalue weighted by atomic mass is 16.2. The normalized spacial score (nSPS) is 16.2. The first-order valence-electron chi connectivity index (χ1n) is 7.88. The van der Waals surface area contributed by atoms with E-state index in [2.05, 4.69) is 0 Å². The molecule has 0 spiro atoms. The summed E-state index contributed by atoms with van der Waals surface area (Å²) < 4.78 is 0. The van der Waals surface area contributed by atoms with Crippen molar-refractivity contribution >= 4 is 11.8 Å². The predicted octanol–water partition coefficient (Wildman–Crippen LogP) is 2.47. The average Bonchev–Trinajstić information content (AvgIpc) is 2.57. The van der Waals surface area contributed by atoms with Crippen LogP contribution in [0.25, 0.3) is 0 Å². The van der Waals surface area contributed by atoms with Crippen LogP contribution in [-0.2, 0) is 9.59 Å². The van der Waals surface area contributed by atoms with Crippen molar-refractivity contribution in [1.82, 2.24) is 9.80 Å². The van der Waals surface area contributed by atoms with Gasteiger partial charge in [-0.3, -0.25) is 19.4 Å². The number of hydrogen-bond donors (Lipinski definition) is 0. The number of rotatable bonds is 4. The lowest BCUT2D eigenvalue weighted by Crippen LogP contribution is -2.54. The summed E-state index contributed by atoms with van der Waals surface area (Å²) in [5, 5.41) is 0. The van der Waals surface area contributed by atoms with E-state index in [9.17, 15) is 9.59 Å². The van der Waals surface area contributed by atoms with Crippen LogP contribution in [0.15, 0.2) is 60.7 Å². The highest BCUT2D eigenvalue weighted by molar-refractivity contribution is 5.99. The van der Waals surface area contributed by atoms with Crippen molar-refractivity contribution < 1.29 is 9.59 Å². The lowest BCUT2D eigenvalue weighted by molar-refractivity contribution is -0.151. The predicted molar refractivity (Wildman–Crippen MR) is 88.7 cm³/mol. The third-order valence-corrected chi connectivity index (χ3v) is 4.19. The number of imide groups is 1. The van der Waals surface area contributed by atoms with Crippen LogP contribution in [0, 0.1) is 0 Å². The Bertz CT molecular complexity index is 628. The first-order chi connectivity index (χ1) is 11.2. The minimum Gasteiger partial charge on any atom is -0.281 e. The van der Waals surface area contributed by atoms with E-state index in [1.807, 2.05) is 72.5 Å². The third-order valence-electron chi connectivity index (χ3n) is 4.19. The molecule has 0 atom stereocenters. The molecule has 4 nitrogen and oxygen atoms in total. The Morgan fingerprint density at radius 2 is 1.26 bits per heavy atom. The molecular formula is C19H20N2O2. The second kappa shape index (κ2) is 6.75. The van der Waals surface area contributed by atoms with Crippen molar-refractivity contribution in [2.45, 2.75) is 13.0 Å². The van der Waals surface area contributed by atoms with Gasteiger partial charge in [-0.25, -0.2) is 0 Å². The standard InChI is InChI=1S/C19H20N2O2/c1-2-21-17(22)13-20(14-18(21)23)19(15-9-5-3-6-10-15)16-11-7-4-8-12-16/h3-12,19H,2,13-14H2,1H3. The van der Waals surface area contributed by atoms with Crippen LogP contribution in [0.2, 0.25) is 0 Å². The smallest absolute Gasteiger partial charge is 0.243 e. The number of piperazine rings is 1. The molecule has 2 amide bonds. The SMILES string of the molecule is CCN1C(=O)CN(C(c2ccccc2)c2ccccc2)CC1=O. The van der Waals surface area contributed by atoms with E-state index < -0.39 is 0 Å². The lowest BCUT2D eigenvalue weighted by atomic mass is 9.96. The molecule has 0 bridgehead atoms. The number of hydrogen-bond acceptors (Lipinski definition) is 3. The van der Waals surface area contributed by atoms with Gasteiger partial charge < -0.3 is 0 Å². The molecule has 3 rings (SSSR count). The summed E-state index contributed by atoms with van der Waals surface area (Å²) in [6.45, 7) is 2.78. The molecule has 2 aromatic rings. The van der Waals surface area contributed by atoms with E-state index in [0.717, 1.165) is 11.1 Å². The van der Waals surface area contributed by atoms with Gasteiger partial charge in [-0.15, -0.1) is 0 Å². The Hall–Kier alpha value is -2.46. The maximum atomic E-state index is 12.3. The summed E-state index contributed by atoms with van der Waals surface area (Å²) in [6.07, 6.45) is 0. The zero-order valence-corrected chi connectivity index (χ0v) is 13.2. The molecular weight excluding hydrogens is 288 g/mol. The minimum absolute atomic E-state index is 0.0932. The fourth-order valence-corrected chi connectivity index (χ4v) is 3.13. The minimum atomic E-state index is -0.124. The van der Waals surface area contributed by atoms with Gasteiger partial charge >= 0.3 is 0 Å². The van der Waals surface area contributed by atoms with Crippen molar-refractivity contribution in [2.75, 3.05) is 19.6 Å². The zero-order chi connectivity index (χ0) is 16.2. The zero-order valence-electron chi connectivity index (χ0n) is 13.2. The largest absolute Gasteiger partial charge is 0.281 e. The number of carbonyl (C=O) groups is 2. The Morgan fingerprint density at radius 1 is 0.826 bits per heavy atom. The molecule has 0 unspecified atom stereocenters. The Balaban J connectivity index is 1.97. The van der Waals surface area contributed by atoms with Crippen molar-refractivity contribution in [1.29, 1.82) is 0 Å². The molecule has 1 saturated heterocycles. The highest BCUT2D eigenvalue weighted by Gasteiger charge is 2.34. The summed E-state index contributed by atoms with van der Waals surface area (Å²) in [5.74, 6) is -0.249. The van der Waals surface area contributed by atoms with E-state index in [1.165, 1.54) is 4.90 Å². The number of carbonyl (C=O) groups excluding carboxylic acids is 2. The lowest BCUT2D eigenvalue weighted by Gasteiger charge is -2.37. The topological polar surface area (TPSA) is 40.6 Å². The highest BCUT2D eigenvalue weighted by Crippen LogP contribution is 2.29. The van der Waals surface area contributed by atoms with Crippen molar-refractivity contribution in [3.8, 4) is 0 Å². The fourth-order valence-electron chi connectivity index (χ4n) is 3.13. The second-order valence-corrected chi connectivity index (χ2v) is 5.66.